The Morgan fingerprint density at radius 2 is 2.32 bits per heavy atom. The molecule has 0 spiro atoms. The van der Waals surface area contributed by atoms with E-state index >= 15 is 0 Å². The maximum atomic E-state index is 13.3. The van der Waals surface area contributed by atoms with Gasteiger partial charge in [-0.3, -0.25) is 4.79 Å². The molecular weight excluding hydrogens is 317 g/mol. The van der Waals surface area contributed by atoms with Crippen molar-refractivity contribution in [2.24, 2.45) is 5.92 Å². The van der Waals surface area contributed by atoms with Crippen molar-refractivity contribution in [1.29, 1.82) is 0 Å². The molecule has 1 atom stereocenters. The summed E-state index contributed by atoms with van der Waals surface area (Å²) in [5.74, 6) is -1.05. The number of rotatable bonds is 3. The number of esters is 1. The minimum absolute atomic E-state index is 0.0683. The second kappa shape index (κ2) is 5.69. The average Bonchev–Trinajstić information content (AvgIpc) is 2.79. The van der Waals surface area contributed by atoms with Gasteiger partial charge in [0.25, 0.3) is 0 Å². The van der Waals surface area contributed by atoms with Crippen molar-refractivity contribution in [2.45, 2.75) is 6.42 Å². The van der Waals surface area contributed by atoms with Gasteiger partial charge in [0.1, 0.15) is 5.82 Å². The molecule has 6 heteroatoms. The summed E-state index contributed by atoms with van der Waals surface area (Å²) in [5, 5.41) is 0.712. The van der Waals surface area contributed by atoms with E-state index in [9.17, 15) is 14.0 Å². The second-order valence-electron chi connectivity index (χ2n) is 4.38. The van der Waals surface area contributed by atoms with Crippen molar-refractivity contribution in [3.05, 3.63) is 29.6 Å². The van der Waals surface area contributed by atoms with E-state index in [4.69, 9.17) is 0 Å². The van der Waals surface area contributed by atoms with Crippen LogP contribution in [0.2, 0.25) is 0 Å². The summed E-state index contributed by atoms with van der Waals surface area (Å²) >= 11 is 3.35. The Morgan fingerprint density at radius 1 is 1.58 bits per heavy atom. The molecule has 1 aliphatic rings. The Labute approximate surface area is 118 Å². The first kappa shape index (κ1) is 14.0. The van der Waals surface area contributed by atoms with Crippen LogP contribution in [0.3, 0.4) is 0 Å². The summed E-state index contributed by atoms with van der Waals surface area (Å²) < 4.78 is 17.9. The number of hydrogen-bond acceptors (Lipinski definition) is 3. The van der Waals surface area contributed by atoms with E-state index in [1.807, 2.05) is 0 Å². The second-order valence-corrected chi connectivity index (χ2v) is 5.03. The number of alkyl halides is 1. The SMILES string of the molecule is COC(=O)c1cc(F)ccc1N1CC(CBr)CC1=O. The minimum Gasteiger partial charge on any atom is -0.465 e. The Bertz CT molecular complexity index is 521. The molecule has 2 rings (SSSR count). The monoisotopic (exact) mass is 329 g/mol. The number of amides is 1. The molecule has 0 saturated carbocycles. The molecule has 1 heterocycles. The lowest BCUT2D eigenvalue weighted by Gasteiger charge is -2.19. The number of methoxy groups -OCH3 is 1. The van der Waals surface area contributed by atoms with E-state index in [0.29, 0.717) is 24.0 Å². The maximum Gasteiger partial charge on any atom is 0.340 e. The van der Waals surface area contributed by atoms with Crippen molar-refractivity contribution in [1.82, 2.24) is 0 Å². The molecule has 1 amide bonds. The number of carbonyl (C=O) groups is 2. The lowest BCUT2D eigenvalue weighted by atomic mass is 10.1. The molecule has 0 aromatic heterocycles. The number of benzene rings is 1. The molecule has 1 fully saturated rings. The number of anilines is 1. The number of carbonyl (C=O) groups excluding carboxylic acids is 2. The van der Waals surface area contributed by atoms with Crippen molar-refractivity contribution < 1.29 is 18.7 Å². The van der Waals surface area contributed by atoms with Crippen LogP contribution in [0, 0.1) is 11.7 Å². The van der Waals surface area contributed by atoms with Crippen molar-refractivity contribution >= 4 is 33.5 Å². The largest absolute Gasteiger partial charge is 0.465 e. The molecule has 1 aliphatic heterocycles. The van der Waals surface area contributed by atoms with Gasteiger partial charge in [0.15, 0.2) is 0 Å². The van der Waals surface area contributed by atoms with Crippen LogP contribution in [0.1, 0.15) is 16.8 Å². The third-order valence-corrected chi connectivity index (χ3v) is 3.99. The van der Waals surface area contributed by atoms with Crippen LogP contribution in [0.25, 0.3) is 0 Å². The van der Waals surface area contributed by atoms with Crippen LogP contribution in [0.15, 0.2) is 18.2 Å². The molecule has 4 nitrogen and oxygen atoms in total. The lowest BCUT2D eigenvalue weighted by Crippen LogP contribution is -2.27. The van der Waals surface area contributed by atoms with Gasteiger partial charge in [0.05, 0.1) is 18.4 Å². The number of halogens is 2. The zero-order valence-corrected chi connectivity index (χ0v) is 11.9. The number of nitrogens with zero attached hydrogens (tertiary/aromatic N) is 1. The smallest absolute Gasteiger partial charge is 0.340 e. The Hall–Kier alpha value is -1.43. The lowest BCUT2D eigenvalue weighted by molar-refractivity contribution is -0.117. The normalized spacial score (nSPS) is 18.8. The van der Waals surface area contributed by atoms with Gasteiger partial charge in [-0.1, -0.05) is 15.9 Å². The van der Waals surface area contributed by atoms with Gasteiger partial charge >= 0.3 is 5.97 Å². The first-order valence-corrected chi connectivity index (χ1v) is 6.93. The van der Waals surface area contributed by atoms with Gasteiger partial charge in [-0.2, -0.15) is 0 Å². The summed E-state index contributed by atoms with van der Waals surface area (Å²) in [6.45, 7) is 0.514. The van der Waals surface area contributed by atoms with Crippen molar-refractivity contribution in [3.63, 3.8) is 0 Å². The van der Waals surface area contributed by atoms with Crippen molar-refractivity contribution in [2.75, 3.05) is 23.9 Å². The van der Waals surface area contributed by atoms with Crippen LogP contribution in [-0.4, -0.2) is 30.9 Å². The summed E-state index contributed by atoms with van der Waals surface area (Å²) in [6, 6.07) is 3.77. The zero-order chi connectivity index (χ0) is 14.0. The zero-order valence-electron chi connectivity index (χ0n) is 10.4. The fraction of sp³-hybridized carbons (Fsp3) is 0.385. The fourth-order valence-corrected chi connectivity index (χ4v) is 2.57. The van der Waals surface area contributed by atoms with Crippen LogP contribution in [0.4, 0.5) is 10.1 Å². The molecule has 1 unspecified atom stereocenters. The minimum atomic E-state index is -0.649. The summed E-state index contributed by atoms with van der Waals surface area (Å²) in [5.41, 5.74) is 0.479. The van der Waals surface area contributed by atoms with Crippen LogP contribution >= 0.6 is 15.9 Å². The highest BCUT2D eigenvalue weighted by Crippen LogP contribution is 2.29. The molecule has 1 aromatic rings. The molecule has 1 aromatic carbocycles. The van der Waals surface area contributed by atoms with E-state index < -0.39 is 11.8 Å². The van der Waals surface area contributed by atoms with E-state index in [1.54, 1.807) is 0 Å². The fourth-order valence-electron chi connectivity index (χ4n) is 2.13. The summed E-state index contributed by atoms with van der Waals surface area (Å²) in [4.78, 5) is 25.1. The molecule has 0 aliphatic carbocycles. The first-order chi connectivity index (χ1) is 9.06. The predicted octanol–water partition coefficient (Wildman–Crippen LogP) is 2.36. The molecule has 1 saturated heterocycles. The van der Waals surface area contributed by atoms with Gasteiger partial charge in [0.2, 0.25) is 5.91 Å². The third-order valence-electron chi connectivity index (χ3n) is 3.08. The number of hydrogen-bond donors (Lipinski definition) is 0. The summed E-state index contributed by atoms with van der Waals surface area (Å²) in [7, 11) is 1.23. The molecule has 0 radical (unpaired) electrons. The van der Waals surface area contributed by atoms with E-state index in [-0.39, 0.29) is 17.4 Å². The standard InChI is InChI=1S/C13H13BrFNO3/c1-19-13(18)10-5-9(15)2-3-11(10)16-7-8(6-14)4-12(16)17/h2-3,5,8H,4,6-7H2,1H3. The molecule has 0 N–H and O–H groups in total. The van der Waals surface area contributed by atoms with E-state index in [2.05, 4.69) is 20.7 Å². The first-order valence-electron chi connectivity index (χ1n) is 5.81. The highest BCUT2D eigenvalue weighted by molar-refractivity contribution is 9.09. The quantitative estimate of drug-likeness (QED) is 0.631. The van der Waals surface area contributed by atoms with Gasteiger partial charge in [-0.15, -0.1) is 0 Å². The molecule has 0 bridgehead atoms. The van der Waals surface area contributed by atoms with Crippen LogP contribution in [-0.2, 0) is 9.53 Å². The molecule has 102 valence electrons. The van der Waals surface area contributed by atoms with E-state index in [1.165, 1.54) is 24.1 Å². The van der Waals surface area contributed by atoms with E-state index in [0.717, 1.165) is 6.07 Å². The Balaban J connectivity index is 2.39. The van der Waals surface area contributed by atoms with Crippen molar-refractivity contribution in [3.8, 4) is 0 Å². The van der Waals surface area contributed by atoms with Gasteiger partial charge in [-0.05, 0) is 24.1 Å². The Kier molecular flexibility index (Phi) is 4.19. The van der Waals surface area contributed by atoms with Gasteiger partial charge in [0, 0.05) is 18.3 Å². The highest BCUT2D eigenvalue weighted by atomic mass is 79.9. The Morgan fingerprint density at radius 3 is 2.89 bits per heavy atom. The van der Waals surface area contributed by atoms with Crippen LogP contribution in [0.5, 0.6) is 0 Å². The van der Waals surface area contributed by atoms with Gasteiger partial charge < -0.3 is 9.64 Å². The highest BCUT2D eigenvalue weighted by Gasteiger charge is 2.32. The average molecular weight is 330 g/mol. The maximum absolute atomic E-state index is 13.3. The summed E-state index contributed by atoms with van der Waals surface area (Å²) in [6.07, 6.45) is 0.420. The molecule has 19 heavy (non-hydrogen) atoms. The van der Waals surface area contributed by atoms with Gasteiger partial charge in [-0.25, -0.2) is 9.18 Å². The predicted molar refractivity (Wildman–Crippen MR) is 72.0 cm³/mol. The topological polar surface area (TPSA) is 46.6 Å². The molecular formula is C13H13BrFNO3. The number of ether oxygens (including phenoxy) is 1. The van der Waals surface area contributed by atoms with Crippen LogP contribution < -0.4 is 4.90 Å². The third kappa shape index (κ3) is 2.78.